The summed E-state index contributed by atoms with van der Waals surface area (Å²) in [7, 11) is 1.61. The molecule has 0 bridgehead atoms. The van der Waals surface area contributed by atoms with E-state index >= 15 is 0 Å². The molecule has 0 unspecified atom stereocenters. The molecule has 0 radical (unpaired) electrons. The lowest BCUT2D eigenvalue weighted by Crippen LogP contribution is -2.45. The number of hydrogen-bond donors (Lipinski definition) is 1. The Morgan fingerprint density at radius 2 is 1.90 bits per heavy atom. The lowest BCUT2D eigenvalue weighted by Gasteiger charge is -2.24. The van der Waals surface area contributed by atoms with Crippen molar-refractivity contribution in [2.45, 2.75) is 77.2 Å². The van der Waals surface area contributed by atoms with Gasteiger partial charge in [-0.05, 0) is 40.5 Å². The van der Waals surface area contributed by atoms with Crippen molar-refractivity contribution in [1.29, 1.82) is 0 Å². The molecule has 6 heteroatoms. The number of cyclic esters (lactones) is 1. The number of carbonyl (C=O) groups is 2. The summed E-state index contributed by atoms with van der Waals surface area (Å²) in [5.41, 5.74) is -0.596. The predicted molar refractivity (Wildman–Crippen MR) is 78.0 cm³/mol. The summed E-state index contributed by atoms with van der Waals surface area (Å²) >= 11 is 0. The van der Waals surface area contributed by atoms with Crippen LogP contribution in [0.3, 0.4) is 0 Å². The van der Waals surface area contributed by atoms with Gasteiger partial charge in [0.1, 0.15) is 17.7 Å². The highest BCUT2D eigenvalue weighted by Gasteiger charge is 2.30. The van der Waals surface area contributed by atoms with Gasteiger partial charge >= 0.3 is 12.1 Å². The fourth-order valence-electron chi connectivity index (χ4n) is 2.28. The highest BCUT2D eigenvalue weighted by Crippen LogP contribution is 2.18. The second kappa shape index (κ2) is 7.64. The van der Waals surface area contributed by atoms with E-state index in [1.165, 1.54) is 0 Å². The monoisotopic (exact) mass is 301 g/mol. The van der Waals surface area contributed by atoms with Crippen LogP contribution in [0.4, 0.5) is 4.79 Å². The summed E-state index contributed by atoms with van der Waals surface area (Å²) in [4.78, 5) is 23.9. The number of methoxy groups -OCH3 is 1. The van der Waals surface area contributed by atoms with Gasteiger partial charge in [-0.3, -0.25) is 0 Å². The fourth-order valence-corrected chi connectivity index (χ4v) is 2.28. The van der Waals surface area contributed by atoms with Crippen LogP contribution in [0.25, 0.3) is 0 Å². The molecule has 1 aliphatic heterocycles. The summed E-state index contributed by atoms with van der Waals surface area (Å²) in [6.07, 6.45) is 2.09. The SMILES string of the molecule is CO[C@@H]1CCCC[C@H](NC(=O)OC(C)(C)C)C(=O)O[C@H]1C. The topological polar surface area (TPSA) is 73.9 Å². The van der Waals surface area contributed by atoms with Crippen molar-refractivity contribution in [2.75, 3.05) is 7.11 Å². The summed E-state index contributed by atoms with van der Waals surface area (Å²) in [5, 5.41) is 2.60. The number of rotatable bonds is 2. The van der Waals surface area contributed by atoms with Crippen LogP contribution in [0.5, 0.6) is 0 Å². The minimum absolute atomic E-state index is 0.103. The minimum atomic E-state index is -0.669. The molecular formula is C15H27NO5. The number of alkyl carbamates (subject to hydrolysis) is 1. The van der Waals surface area contributed by atoms with Crippen molar-refractivity contribution in [3.8, 4) is 0 Å². The van der Waals surface area contributed by atoms with Crippen LogP contribution >= 0.6 is 0 Å². The van der Waals surface area contributed by atoms with E-state index in [-0.39, 0.29) is 12.2 Å². The zero-order chi connectivity index (χ0) is 16.0. The van der Waals surface area contributed by atoms with Gasteiger partial charge in [-0.15, -0.1) is 0 Å². The molecule has 6 nitrogen and oxygen atoms in total. The van der Waals surface area contributed by atoms with E-state index in [2.05, 4.69) is 5.32 Å². The van der Waals surface area contributed by atoms with Gasteiger partial charge in [0.05, 0.1) is 6.10 Å². The molecule has 122 valence electrons. The third-order valence-corrected chi connectivity index (χ3v) is 3.34. The number of amides is 1. The number of ether oxygens (including phenoxy) is 3. The molecule has 0 aliphatic carbocycles. The Morgan fingerprint density at radius 1 is 1.29 bits per heavy atom. The molecule has 1 saturated heterocycles. The smallest absolute Gasteiger partial charge is 0.408 e. The molecule has 0 aromatic rings. The van der Waals surface area contributed by atoms with E-state index in [4.69, 9.17) is 14.2 Å². The molecule has 1 aliphatic rings. The van der Waals surface area contributed by atoms with E-state index in [9.17, 15) is 9.59 Å². The first-order chi connectivity index (χ1) is 9.73. The Bertz CT molecular complexity index is 364. The average molecular weight is 301 g/mol. The summed E-state index contributed by atoms with van der Waals surface area (Å²) in [5.74, 6) is -0.433. The maximum Gasteiger partial charge on any atom is 0.408 e. The minimum Gasteiger partial charge on any atom is -0.458 e. The first kappa shape index (κ1) is 17.8. The quantitative estimate of drug-likeness (QED) is 0.793. The molecular weight excluding hydrogens is 274 g/mol. The zero-order valence-electron chi connectivity index (χ0n) is 13.6. The number of carbonyl (C=O) groups excluding carboxylic acids is 2. The van der Waals surface area contributed by atoms with Crippen LogP contribution in [0.15, 0.2) is 0 Å². The second-order valence-electron chi connectivity index (χ2n) is 6.40. The molecule has 1 rings (SSSR count). The van der Waals surface area contributed by atoms with Crippen LogP contribution < -0.4 is 5.32 Å². The molecule has 0 aromatic heterocycles. The number of hydrogen-bond acceptors (Lipinski definition) is 5. The summed E-state index contributed by atoms with van der Waals surface area (Å²) < 4.78 is 15.9. The highest BCUT2D eigenvalue weighted by atomic mass is 16.6. The third-order valence-electron chi connectivity index (χ3n) is 3.34. The molecule has 1 fully saturated rings. The van der Waals surface area contributed by atoms with Crippen LogP contribution in [-0.2, 0) is 19.0 Å². The Morgan fingerprint density at radius 3 is 2.48 bits per heavy atom. The van der Waals surface area contributed by atoms with Gasteiger partial charge < -0.3 is 19.5 Å². The van der Waals surface area contributed by atoms with Gasteiger partial charge in [-0.25, -0.2) is 9.59 Å². The largest absolute Gasteiger partial charge is 0.458 e. The van der Waals surface area contributed by atoms with Crippen LogP contribution in [-0.4, -0.2) is 43.0 Å². The second-order valence-corrected chi connectivity index (χ2v) is 6.40. The predicted octanol–water partition coefficient (Wildman–Crippen LogP) is 2.40. The molecule has 21 heavy (non-hydrogen) atoms. The van der Waals surface area contributed by atoms with E-state index in [1.54, 1.807) is 27.9 Å². The zero-order valence-corrected chi connectivity index (χ0v) is 13.6. The van der Waals surface area contributed by atoms with E-state index < -0.39 is 23.7 Å². The van der Waals surface area contributed by atoms with Crippen molar-refractivity contribution < 1.29 is 23.8 Å². The van der Waals surface area contributed by atoms with Crippen LogP contribution in [0.2, 0.25) is 0 Å². The van der Waals surface area contributed by atoms with Crippen molar-refractivity contribution in [3.05, 3.63) is 0 Å². The maximum absolute atomic E-state index is 12.1. The fraction of sp³-hybridized carbons (Fsp3) is 0.867. The molecule has 3 atom stereocenters. The van der Waals surface area contributed by atoms with E-state index in [0.29, 0.717) is 6.42 Å². The van der Waals surface area contributed by atoms with E-state index in [1.807, 2.05) is 6.92 Å². The van der Waals surface area contributed by atoms with Crippen molar-refractivity contribution in [3.63, 3.8) is 0 Å². The van der Waals surface area contributed by atoms with Gasteiger partial charge in [0.25, 0.3) is 0 Å². The van der Waals surface area contributed by atoms with Crippen molar-refractivity contribution in [2.24, 2.45) is 0 Å². The molecule has 0 aromatic carbocycles. The lowest BCUT2D eigenvalue weighted by atomic mass is 10.1. The molecule has 1 heterocycles. The van der Waals surface area contributed by atoms with Gasteiger partial charge in [0.2, 0.25) is 0 Å². The van der Waals surface area contributed by atoms with E-state index in [0.717, 1.165) is 19.3 Å². The van der Waals surface area contributed by atoms with Crippen LogP contribution in [0, 0.1) is 0 Å². The Balaban J connectivity index is 2.64. The van der Waals surface area contributed by atoms with Gasteiger partial charge in [-0.2, -0.15) is 0 Å². The highest BCUT2D eigenvalue weighted by molar-refractivity contribution is 5.81. The molecule has 0 spiro atoms. The number of nitrogens with one attached hydrogen (secondary N) is 1. The first-order valence-electron chi connectivity index (χ1n) is 7.45. The van der Waals surface area contributed by atoms with Crippen molar-refractivity contribution in [1.82, 2.24) is 5.32 Å². The van der Waals surface area contributed by atoms with Gasteiger partial charge in [0, 0.05) is 7.11 Å². The number of esters is 1. The molecule has 0 saturated carbocycles. The molecule has 1 amide bonds. The molecule has 1 N–H and O–H groups in total. The Labute approximate surface area is 126 Å². The van der Waals surface area contributed by atoms with Crippen molar-refractivity contribution >= 4 is 12.1 Å². The maximum atomic E-state index is 12.1. The summed E-state index contributed by atoms with van der Waals surface area (Å²) in [6, 6.07) is -0.669. The Kier molecular flexibility index (Phi) is 6.45. The van der Waals surface area contributed by atoms with Gasteiger partial charge in [-0.1, -0.05) is 12.8 Å². The third kappa shape index (κ3) is 6.33. The first-order valence-corrected chi connectivity index (χ1v) is 7.45. The summed E-state index contributed by atoms with van der Waals surface area (Å²) in [6.45, 7) is 7.14. The lowest BCUT2D eigenvalue weighted by molar-refractivity contribution is -0.157. The standard InChI is InChI=1S/C15H27NO5/c1-10-12(19-5)9-7-6-8-11(13(17)20-10)16-14(18)21-15(2,3)4/h10-12H,6-9H2,1-5H3,(H,16,18)/t10-,11-,12+/m0/s1. The van der Waals surface area contributed by atoms with Crippen LogP contribution in [0.1, 0.15) is 53.4 Å². The van der Waals surface area contributed by atoms with Gasteiger partial charge in [0.15, 0.2) is 0 Å². The normalized spacial score (nSPS) is 27.9. The average Bonchev–Trinajstić information content (AvgIpc) is 2.39. The Hall–Kier alpha value is -1.30.